The van der Waals surface area contributed by atoms with Crippen LogP contribution in [0.3, 0.4) is 0 Å². The van der Waals surface area contributed by atoms with Gasteiger partial charge in [0.2, 0.25) is 0 Å². The van der Waals surface area contributed by atoms with Gasteiger partial charge in [0.05, 0.1) is 18.3 Å². The van der Waals surface area contributed by atoms with E-state index in [-0.39, 0.29) is 18.0 Å². The van der Waals surface area contributed by atoms with E-state index >= 15 is 0 Å². The van der Waals surface area contributed by atoms with Crippen molar-refractivity contribution in [3.8, 4) is 0 Å². The van der Waals surface area contributed by atoms with E-state index in [1.165, 1.54) is 25.1 Å². The molecule has 17 heavy (non-hydrogen) atoms. The van der Waals surface area contributed by atoms with E-state index < -0.39 is 0 Å². The molecule has 0 spiro atoms. The lowest BCUT2D eigenvalue weighted by molar-refractivity contribution is 0.0203. The fourth-order valence-corrected chi connectivity index (χ4v) is 2.24. The normalized spacial score (nSPS) is 19.0. The van der Waals surface area contributed by atoms with Crippen molar-refractivity contribution in [2.24, 2.45) is 5.92 Å². The summed E-state index contributed by atoms with van der Waals surface area (Å²) in [6, 6.07) is 1.55. The number of likely N-dealkylation sites (N-methyl/N-ethyl adjacent to an activating group) is 1. The van der Waals surface area contributed by atoms with Crippen molar-refractivity contribution in [2.75, 3.05) is 13.7 Å². The zero-order valence-corrected chi connectivity index (χ0v) is 10.3. The molecule has 0 radical (unpaired) electrons. The second-order valence-corrected chi connectivity index (χ2v) is 4.46. The summed E-state index contributed by atoms with van der Waals surface area (Å²) in [5, 5.41) is 3.22. The number of hydrogen-bond acceptors (Lipinski definition) is 3. The van der Waals surface area contributed by atoms with Crippen LogP contribution in [-0.4, -0.2) is 24.7 Å². The fraction of sp³-hybridized carbons (Fsp3) is 0.615. The van der Waals surface area contributed by atoms with Crippen LogP contribution in [0.1, 0.15) is 31.4 Å². The SMILES string of the molecule is CCOC(C1CC1)C(NC)c1cncc(F)c1. The summed E-state index contributed by atoms with van der Waals surface area (Å²) >= 11 is 0. The number of nitrogens with one attached hydrogen (secondary N) is 1. The van der Waals surface area contributed by atoms with Gasteiger partial charge in [0.25, 0.3) is 0 Å². The molecule has 1 saturated carbocycles. The van der Waals surface area contributed by atoms with Gasteiger partial charge in [-0.25, -0.2) is 4.39 Å². The lowest BCUT2D eigenvalue weighted by Crippen LogP contribution is -2.33. The predicted octanol–water partition coefficient (Wildman–Crippen LogP) is 2.30. The third-order valence-electron chi connectivity index (χ3n) is 3.17. The average molecular weight is 238 g/mol. The fourth-order valence-electron chi connectivity index (χ4n) is 2.24. The van der Waals surface area contributed by atoms with Crippen molar-refractivity contribution < 1.29 is 9.13 Å². The Morgan fingerprint density at radius 1 is 1.53 bits per heavy atom. The molecule has 0 bridgehead atoms. The quantitative estimate of drug-likeness (QED) is 0.825. The Bertz CT molecular complexity index is 368. The Hall–Kier alpha value is -1.00. The highest BCUT2D eigenvalue weighted by Crippen LogP contribution is 2.39. The molecule has 1 aliphatic rings. The molecular formula is C13H19FN2O. The smallest absolute Gasteiger partial charge is 0.141 e. The van der Waals surface area contributed by atoms with Crippen LogP contribution in [0, 0.1) is 11.7 Å². The average Bonchev–Trinajstić information content (AvgIpc) is 3.13. The maximum atomic E-state index is 13.2. The van der Waals surface area contributed by atoms with Crippen molar-refractivity contribution in [1.29, 1.82) is 0 Å². The summed E-state index contributed by atoms with van der Waals surface area (Å²) in [6.07, 6.45) is 5.45. The maximum Gasteiger partial charge on any atom is 0.141 e. The van der Waals surface area contributed by atoms with Crippen LogP contribution in [0.2, 0.25) is 0 Å². The lowest BCUT2D eigenvalue weighted by atomic mass is 9.99. The molecule has 2 rings (SSSR count). The molecule has 1 N–H and O–H groups in total. The first-order valence-corrected chi connectivity index (χ1v) is 6.15. The molecule has 0 saturated heterocycles. The minimum absolute atomic E-state index is 0.0191. The van der Waals surface area contributed by atoms with Crippen LogP contribution in [0.15, 0.2) is 18.5 Å². The van der Waals surface area contributed by atoms with Crippen LogP contribution in [0.25, 0.3) is 0 Å². The summed E-state index contributed by atoms with van der Waals surface area (Å²) in [5.74, 6) is 0.296. The van der Waals surface area contributed by atoms with Gasteiger partial charge in [-0.1, -0.05) is 0 Å². The molecule has 2 atom stereocenters. The first kappa shape index (κ1) is 12.5. The van der Waals surface area contributed by atoms with Crippen LogP contribution >= 0.6 is 0 Å². The number of nitrogens with zero attached hydrogens (tertiary/aromatic N) is 1. The summed E-state index contributed by atoms with van der Waals surface area (Å²) in [5.41, 5.74) is 0.859. The van der Waals surface area contributed by atoms with E-state index in [2.05, 4.69) is 10.3 Å². The number of pyridine rings is 1. The minimum atomic E-state index is -0.297. The van der Waals surface area contributed by atoms with Gasteiger partial charge in [0, 0.05) is 12.8 Å². The van der Waals surface area contributed by atoms with Crippen molar-refractivity contribution in [3.63, 3.8) is 0 Å². The van der Waals surface area contributed by atoms with E-state index in [1.54, 1.807) is 6.20 Å². The zero-order valence-electron chi connectivity index (χ0n) is 10.3. The molecule has 1 heterocycles. The number of halogens is 1. The Morgan fingerprint density at radius 2 is 2.29 bits per heavy atom. The summed E-state index contributed by atoms with van der Waals surface area (Å²) in [7, 11) is 1.88. The predicted molar refractivity (Wildman–Crippen MR) is 64.1 cm³/mol. The highest BCUT2D eigenvalue weighted by molar-refractivity contribution is 5.17. The largest absolute Gasteiger partial charge is 0.376 e. The third kappa shape index (κ3) is 3.01. The zero-order chi connectivity index (χ0) is 12.3. The Labute approximate surface area is 101 Å². The van der Waals surface area contributed by atoms with Crippen molar-refractivity contribution in [3.05, 3.63) is 29.8 Å². The Balaban J connectivity index is 2.18. The molecule has 1 fully saturated rings. The third-order valence-corrected chi connectivity index (χ3v) is 3.17. The number of hydrogen-bond donors (Lipinski definition) is 1. The number of aromatic nitrogens is 1. The second-order valence-electron chi connectivity index (χ2n) is 4.46. The summed E-state index contributed by atoms with van der Waals surface area (Å²) in [4.78, 5) is 3.90. The summed E-state index contributed by atoms with van der Waals surface area (Å²) < 4.78 is 19.0. The van der Waals surface area contributed by atoms with Crippen molar-refractivity contribution >= 4 is 0 Å². The maximum absolute atomic E-state index is 13.2. The van der Waals surface area contributed by atoms with E-state index in [1.807, 2.05) is 14.0 Å². The molecule has 1 aromatic heterocycles. The molecule has 4 heteroatoms. The van der Waals surface area contributed by atoms with Crippen molar-refractivity contribution in [2.45, 2.75) is 31.9 Å². The van der Waals surface area contributed by atoms with E-state index in [0.717, 1.165) is 5.56 Å². The summed E-state index contributed by atoms with van der Waals surface area (Å²) in [6.45, 7) is 2.67. The number of rotatable bonds is 6. The first-order valence-electron chi connectivity index (χ1n) is 6.15. The van der Waals surface area contributed by atoms with Gasteiger partial charge in [-0.05, 0) is 44.4 Å². The van der Waals surface area contributed by atoms with Crippen LogP contribution < -0.4 is 5.32 Å². The molecule has 1 aliphatic carbocycles. The van der Waals surface area contributed by atoms with Gasteiger partial charge < -0.3 is 10.1 Å². The first-order chi connectivity index (χ1) is 8.26. The molecule has 0 amide bonds. The minimum Gasteiger partial charge on any atom is -0.376 e. The highest BCUT2D eigenvalue weighted by Gasteiger charge is 2.37. The molecule has 94 valence electrons. The van der Waals surface area contributed by atoms with Crippen LogP contribution in [-0.2, 0) is 4.74 Å². The van der Waals surface area contributed by atoms with Gasteiger partial charge in [-0.3, -0.25) is 4.98 Å². The van der Waals surface area contributed by atoms with Gasteiger partial charge in [-0.15, -0.1) is 0 Å². The van der Waals surface area contributed by atoms with E-state index in [4.69, 9.17) is 4.74 Å². The Morgan fingerprint density at radius 3 is 2.82 bits per heavy atom. The van der Waals surface area contributed by atoms with E-state index in [0.29, 0.717) is 12.5 Å². The second kappa shape index (κ2) is 5.56. The molecule has 0 aromatic carbocycles. The molecule has 3 nitrogen and oxygen atoms in total. The Kier molecular flexibility index (Phi) is 4.07. The van der Waals surface area contributed by atoms with Gasteiger partial charge in [0.15, 0.2) is 0 Å². The van der Waals surface area contributed by atoms with Gasteiger partial charge >= 0.3 is 0 Å². The van der Waals surface area contributed by atoms with Crippen LogP contribution in [0.5, 0.6) is 0 Å². The van der Waals surface area contributed by atoms with Gasteiger partial charge in [0.1, 0.15) is 5.82 Å². The monoisotopic (exact) mass is 238 g/mol. The van der Waals surface area contributed by atoms with Crippen LogP contribution in [0.4, 0.5) is 4.39 Å². The standard InChI is InChI=1S/C13H19FN2O/c1-3-17-13(9-4-5-9)12(15-2)10-6-11(14)8-16-7-10/h6-9,12-13,15H,3-5H2,1-2H3. The molecule has 2 unspecified atom stereocenters. The van der Waals surface area contributed by atoms with Gasteiger partial charge in [-0.2, -0.15) is 0 Å². The van der Waals surface area contributed by atoms with Crippen molar-refractivity contribution in [1.82, 2.24) is 10.3 Å². The van der Waals surface area contributed by atoms with E-state index in [9.17, 15) is 4.39 Å². The molecule has 0 aliphatic heterocycles. The lowest BCUT2D eigenvalue weighted by Gasteiger charge is -2.27. The highest BCUT2D eigenvalue weighted by atomic mass is 19.1. The topological polar surface area (TPSA) is 34.1 Å². The molecule has 1 aromatic rings. The number of ether oxygens (including phenoxy) is 1. The molecular weight excluding hydrogens is 219 g/mol.